The van der Waals surface area contributed by atoms with Gasteiger partial charge in [0.2, 0.25) is 0 Å². The van der Waals surface area contributed by atoms with Crippen molar-refractivity contribution in [1.29, 1.82) is 0 Å². The number of Topliss-reactive ketones (excluding diaryl/α,β-unsaturated/α-hetero) is 1. The average molecular weight is 355 g/mol. The maximum absolute atomic E-state index is 12.9. The second-order valence-corrected chi connectivity index (χ2v) is 5.61. The van der Waals surface area contributed by atoms with Crippen LogP contribution in [0.15, 0.2) is 60.4 Å². The summed E-state index contributed by atoms with van der Waals surface area (Å²) in [6.45, 7) is 1.87. The fourth-order valence-electron chi connectivity index (χ4n) is 2.13. The third-order valence-electron chi connectivity index (χ3n) is 3.37. The predicted molar refractivity (Wildman–Crippen MR) is 95.3 cm³/mol. The minimum atomic E-state index is -0.808. The van der Waals surface area contributed by atoms with Crippen molar-refractivity contribution in [3.63, 3.8) is 0 Å². The molecule has 0 amide bonds. The number of allylic oxidation sites excluding steroid dienone is 1. The fourth-order valence-corrected chi connectivity index (χ4v) is 2.26. The Bertz CT molecular complexity index is 895. The van der Waals surface area contributed by atoms with Gasteiger partial charge in [-0.15, -0.1) is 0 Å². The summed E-state index contributed by atoms with van der Waals surface area (Å²) in [5, 5.41) is 9.70. The van der Waals surface area contributed by atoms with Crippen LogP contribution in [0.4, 0.5) is 0 Å². The van der Waals surface area contributed by atoms with Crippen molar-refractivity contribution in [3.8, 4) is 0 Å². The molecule has 126 valence electrons. The zero-order valence-corrected chi connectivity index (χ0v) is 14.4. The summed E-state index contributed by atoms with van der Waals surface area (Å²) in [4.78, 5) is 24.6. The van der Waals surface area contributed by atoms with Gasteiger partial charge in [0.25, 0.3) is 11.5 Å². The van der Waals surface area contributed by atoms with Gasteiger partial charge < -0.3 is 10.1 Å². The number of hydrogen-bond acceptors (Lipinski definition) is 3. The van der Waals surface area contributed by atoms with E-state index in [2.05, 4.69) is 4.74 Å². The third kappa shape index (κ3) is 4.51. The summed E-state index contributed by atoms with van der Waals surface area (Å²) in [7, 11) is 1.17. The number of esters is 1. The Balaban J connectivity index is 2.60. The first kappa shape index (κ1) is 18.3. The maximum atomic E-state index is 12.9. The lowest BCUT2D eigenvalue weighted by molar-refractivity contribution is -0.577. The Kier molecular flexibility index (Phi) is 6.01. The van der Waals surface area contributed by atoms with Crippen molar-refractivity contribution in [1.82, 2.24) is 0 Å². The SMILES string of the molecule is COC(=O)C(=C=[N-])C=C(C(=O)c1ccc(Cl)cc1)[n+]1cccc(C)c1. The molecule has 0 aliphatic rings. The van der Waals surface area contributed by atoms with Gasteiger partial charge in [-0.25, -0.2) is 4.79 Å². The van der Waals surface area contributed by atoms with Crippen LogP contribution in [0.3, 0.4) is 0 Å². The van der Waals surface area contributed by atoms with Gasteiger partial charge >= 0.3 is 5.97 Å². The lowest BCUT2D eigenvalue weighted by atomic mass is 10.1. The van der Waals surface area contributed by atoms with Gasteiger partial charge in [-0.3, -0.25) is 10.7 Å². The van der Waals surface area contributed by atoms with Gasteiger partial charge in [0.05, 0.1) is 12.7 Å². The molecule has 6 heteroatoms. The number of carbonyl (C=O) groups excluding carboxylic acids is 2. The normalized spacial score (nSPS) is 10.8. The number of pyridine rings is 1. The first-order chi connectivity index (χ1) is 12.0. The van der Waals surface area contributed by atoms with Crippen LogP contribution in [0.2, 0.25) is 5.02 Å². The molecule has 0 aliphatic carbocycles. The van der Waals surface area contributed by atoms with E-state index >= 15 is 0 Å². The standard InChI is InChI=1S/C19H15ClN2O3/c1-13-4-3-9-22(12-13)17(10-15(11-21)19(24)25-2)18(23)14-5-7-16(20)8-6-14/h3-10,12H,1-2H3. The molecule has 0 saturated heterocycles. The van der Waals surface area contributed by atoms with E-state index < -0.39 is 5.97 Å². The van der Waals surface area contributed by atoms with E-state index in [1.807, 2.05) is 13.0 Å². The number of nitrogens with zero attached hydrogens (tertiary/aromatic N) is 2. The van der Waals surface area contributed by atoms with Crippen molar-refractivity contribution in [3.05, 3.63) is 82.0 Å². The molecule has 0 spiro atoms. The number of hydrogen-bond donors (Lipinski definition) is 0. The van der Waals surface area contributed by atoms with Crippen LogP contribution < -0.4 is 4.57 Å². The van der Waals surface area contributed by atoms with Crippen LogP contribution in [0.5, 0.6) is 0 Å². The van der Waals surface area contributed by atoms with Crippen LogP contribution in [0, 0.1) is 6.92 Å². The van der Waals surface area contributed by atoms with E-state index in [1.54, 1.807) is 53.2 Å². The minimum absolute atomic E-state index is 0.146. The van der Waals surface area contributed by atoms with Gasteiger partial charge in [0.1, 0.15) is 0 Å². The maximum Gasteiger partial charge on any atom is 0.344 e. The molecule has 1 heterocycles. The van der Waals surface area contributed by atoms with Crippen LogP contribution in [0.1, 0.15) is 15.9 Å². The van der Waals surface area contributed by atoms with Crippen molar-refractivity contribution in [2.75, 3.05) is 7.11 Å². The number of halogens is 1. The van der Waals surface area contributed by atoms with E-state index in [1.165, 1.54) is 13.2 Å². The fraction of sp³-hybridized carbons (Fsp3) is 0.105. The summed E-state index contributed by atoms with van der Waals surface area (Å²) in [6.07, 6.45) is 4.62. The molecule has 25 heavy (non-hydrogen) atoms. The molecule has 0 unspecified atom stereocenters. The number of carbonyl (C=O) groups is 2. The lowest BCUT2D eigenvalue weighted by Gasteiger charge is -2.05. The highest BCUT2D eigenvalue weighted by molar-refractivity contribution is 6.31. The molecule has 5 nitrogen and oxygen atoms in total. The van der Waals surface area contributed by atoms with Crippen LogP contribution >= 0.6 is 11.6 Å². The van der Waals surface area contributed by atoms with Crippen molar-refractivity contribution >= 4 is 34.9 Å². The smallest absolute Gasteiger partial charge is 0.344 e. The van der Waals surface area contributed by atoms with E-state index in [9.17, 15) is 15.0 Å². The zero-order chi connectivity index (χ0) is 18.4. The first-order valence-corrected chi connectivity index (χ1v) is 7.69. The Morgan fingerprint density at radius 2 is 1.92 bits per heavy atom. The number of aryl methyl sites for hydroxylation is 1. The molecular weight excluding hydrogens is 340 g/mol. The Morgan fingerprint density at radius 1 is 1.24 bits per heavy atom. The molecular formula is C19H15ClN2O3. The van der Waals surface area contributed by atoms with Gasteiger partial charge in [0, 0.05) is 28.3 Å². The van der Waals surface area contributed by atoms with Crippen molar-refractivity contribution in [2.24, 2.45) is 0 Å². The van der Waals surface area contributed by atoms with Crippen LogP contribution in [-0.4, -0.2) is 24.7 Å². The highest BCUT2D eigenvalue weighted by atomic mass is 35.5. The molecule has 0 atom stereocenters. The van der Waals surface area contributed by atoms with E-state index in [0.717, 1.165) is 5.56 Å². The highest BCUT2D eigenvalue weighted by Crippen LogP contribution is 2.15. The Labute approximate surface area is 150 Å². The Hall–Kier alpha value is -3.01. The minimum Gasteiger partial charge on any atom is -0.763 e. The van der Waals surface area contributed by atoms with Gasteiger partial charge in [0.15, 0.2) is 12.4 Å². The summed E-state index contributed by atoms with van der Waals surface area (Å²) in [6, 6.07) is 10.0. The second kappa shape index (κ2) is 8.20. The lowest BCUT2D eigenvalue weighted by Crippen LogP contribution is -2.36. The monoisotopic (exact) mass is 354 g/mol. The molecule has 0 radical (unpaired) electrons. The number of rotatable bonds is 5. The summed E-state index contributed by atoms with van der Waals surface area (Å²) >= 11 is 5.86. The summed E-state index contributed by atoms with van der Waals surface area (Å²) < 4.78 is 6.15. The zero-order valence-electron chi connectivity index (χ0n) is 13.7. The topological polar surface area (TPSA) is 69.5 Å². The van der Waals surface area contributed by atoms with E-state index in [4.69, 9.17) is 11.6 Å². The number of methoxy groups -OCH3 is 1. The predicted octanol–water partition coefficient (Wildman–Crippen LogP) is 3.00. The van der Waals surface area contributed by atoms with E-state index in [0.29, 0.717) is 10.6 Å². The number of ketones is 1. The molecule has 1 aromatic carbocycles. The van der Waals surface area contributed by atoms with Gasteiger partial charge in [-0.1, -0.05) is 11.6 Å². The molecule has 1 aromatic heterocycles. The summed E-state index contributed by atoms with van der Waals surface area (Å²) in [5.41, 5.74) is 1.17. The van der Waals surface area contributed by atoms with Gasteiger partial charge in [-0.05, 0) is 37.3 Å². The highest BCUT2D eigenvalue weighted by Gasteiger charge is 2.24. The van der Waals surface area contributed by atoms with Gasteiger partial charge in [-0.2, -0.15) is 4.57 Å². The third-order valence-corrected chi connectivity index (χ3v) is 3.62. The quantitative estimate of drug-likeness (QED) is 0.207. The van der Waals surface area contributed by atoms with E-state index in [-0.39, 0.29) is 17.1 Å². The molecule has 0 bridgehead atoms. The number of ether oxygens (including phenoxy) is 1. The second-order valence-electron chi connectivity index (χ2n) is 5.17. The van der Waals surface area contributed by atoms with Crippen LogP contribution in [-0.2, 0) is 9.53 Å². The molecule has 2 rings (SSSR count). The molecule has 0 N–H and O–H groups in total. The number of benzene rings is 1. The molecule has 2 aromatic rings. The average Bonchev–Trinajstić information content (AvgIpc) is 2.62. The number of aromatic nitrogens is 1. The van der Waals surface area contributed by atoms with Crippen LogP contribution in [0.25, 0.3) is 11.1 Å². The largest absolute Gasteiger partial charge is 0.763 e. The molecule has 0 saturated carbocycles. The van der Waals surface area contributed by atoms with Crippen molar-refractivity contribution in [2.45, 2.75) is 6.92 Å². The molecule has 0 aliphatic heterocycles. The van der Waals surface area contributed by atoms with Crippen molar-refractivity contribution < 1.29 is 18.9 Å². The molecule has 0 fully saturated rings. The summed E-state index contributed by atoms with van der Waals surface area (Å²) in [5.74, 6) is 0.596. The first-order valence-electron chi connectivity index (χ1n) is 7.32. The Morgan fingerprint density at radius 3 is 2.48 bits per heavy atom.